The fourth-order valence-corrected chi connectivity index (χ4v) is 2.50. The summed E-state index contributed by atoms with van der Waals surface area (Å²) in [4.78, 5) is 0. The van der Waals surface area contributed by atoms with Crippen LogP contribution in [0.5, 0.6) is 5.75 Å². The monoisotopic (exact) mass is 261 g/mol. The van der Waals surface area contributed by atoms with E-state index in [0.29, 0.717) is 5.75 Å². The minimum absolute atomic E-state index is 0.381. The van der Waals surface area contributed by atoms with Gasteiger partial charge in [0.25, 0.3) is 0 Å². The molecule has 0 bridgehead atoms. The van der Waals surface area contributed by atoms with Gasteiger partial charge in [-0.15, -0.1) is 0 Å². The minimum Gasteiger partial charge on any atom is -0.508 e. The molecule has 0 saturated heterocycles. The Morgan fingerprint density at radius 3 is 2.83 bits per heavy atom. The van der Waals surface area contributed by atoms with E-state index < -0.39 is 0 Å². The Labute approximate surface area is 112 Å². The first-order valence-electron chi connectivity index (χ1n) is 6.22. The van der Waals surface area contributed by atoms with Gasteiger partial charge in [-0.2, -0.15) is 11.8 Å². The average molecular weight is 261 g/mol. The molecule has 0 heterocycles. The maximum absolute atomic E-state index is 9.97. The van der Waals surface area contributed by atoms with Crippen molar-refractivity contribution in [3.63, 3.8) is 0 Å². The summed E-state index contributed by atoms with van der Waals surface area (Å²) in [6.45, 7) is 1.71. The molecular weight excluding hydrogens is 242 g/mol. The fourth-order valence-electron chi connectivity index (χ4n) is 2.07. The third-order valence-corrected chi connectivity index (χ3v) is 3.72. The molecule has 0 spiro atoms. The van der Waals surface area contributed by atoms with Gasteiger partial charge in [0.15, 0.2) is 0 Å². The van der Waals surface area contributed by atoms with Crippen LogP contribution in [0.25, 0.3) is 10.8 Å². The van der Waals surface area contributed by atoms with Crippen LogP contribution >= 0.6 is 11.8 Å². The quantitative estimate of drug-likeness (QED) is 0.782. The first-order valence-corrected chi connectivity index (χ1v) is 7.61. The van der Waals surface area contributed by atoms with Crippen LogP contribution in [0.4, 0.5) is 0 Å². The summed E-state index contributed by atoms with van der Waals surface area (Å²) >= 11 is 1.86. The second-order valence-corrected chi connectivity index (χ2v) is 5.29. The highest BCUT2D eigenvalue weighted by Gasteiger charge is 2.05. The largest absolute Gasteiger partial charge is 0.508 e. The van der Waals surface area contributed by atoms with Gasteiger partial charge in [0.05, 0.1) is 0 Å². The molecule has 2 rings (SSSR count). The number of phenolic OH excluding ortho intramolecular Hbond substituents is 1. The maximum atomic E-state index is 9.97. The predicted octanol–water partition coefficient (Wildman–Crippen LogP) is 3.39. The van der Waals surface area contributed by atoms with Gasteiger partial charge in [-0.05, 0) is 41.8 Å². The van der Waals surface area contributed by atoms with Gasteiger partial charge in [0.1, 0.15) is 5.75 Å². The number of hydrogen-bond donors (Lipinski definition) is 2. The van der Waals surface area contributed by atoms with Gasteiger partial charge in [-0.3, -0.25) is 0 Å². The Hall–Kier alpha value is -1.19. The van der Waals surface area contributed by atoms with E-state index >= 15 is 0 Å². The number of benzene rings is 2. The molecule has 0 aromatic heterocycles. The van der Waals surface area contributed by atoms with Gasteiger partial charge < -0.3 is 10.4 Å². The lowest BCUT2D eigenvalue weighted by atomic mass is 10.0. The standard InChI is InChI=1S/C15H19NOS/c1-18-10-4-9-16-11-14-13-6-3-2-5-12(13)7-8-15(14)17/h2-3,5-8,16-17H,4,9-11H2,1H3. The number of nitrogens with one attached hydrogen (secondary N) is 1. The van der Waals surface area contributed by atoms with Crippen LogP contribution in [0.15, 0.2) is 36.4 Å². The molecule has 0 atom stereocenters. The van der Waals surface area contributed by atoms with E-state index in [1.165, 1.54) is 11.1 Å². The Morgan fingerprint density at radius 1 is 1.17 bits per heavy atom. The topological polar surface area (TPSA) is 32.3 Å². The van der Waals surface area contributed by atoms with E-state index in [1.807, 2.05) is 30.0 Å². The van der Waals surface area contributed by atoms with Crippen LogP contribution < -0.4 is 5.32 Å². The molecule has 3 heteroatoms. The van der Waals surface area contributed by atoms with Crippen molar-refractivity contribution in [1.29, 1.82) is 0 Å². The first kappa shape index (κ1) is 13.2. The SMILES string of the molecule is CSCCCNCc1c(O)ccc2ccccc12. The van der Waals surface area contributed by atoms with Crippen molar-refractivity contribution in [2.75, 3.05) is 18.6 Å². The summed E-state index contributed by atoms with van der Waals surface area (Å²) in [6, 6.07) is 11.9. The lowest BCUT2D eigenvalue weighted by Crippen LogP contribution is -2.15. The second-order valence-electron chi connectivity index (χ2n) is 4.31. The third kappa shape index (κ3) is 3.18. The van der Waals surface area contributed by atoms with Crippen molar-refractivity contribution >= 4 is 22.5 Å². The highest BCUT2D eigenvalue weighted by Crippen LogP contribution is 2.26. The molecule has 0 aliphatic carbocycles. The van der Waals surface area contributed by atoms with E-state index in [1.54, 1.807) is 6.07 Å². The van der Waals surface area contributed by atoms with Gasteiger partial charge in [-0.1, -0.05) is 30.3 Å². The Kier molecular flexibility index (Phi) is 4.90. The van der Waals surface area contributed by atoms with E-state index in [4.69, 9.17) is 0 Å². The Balaban J connectivity index is 2.09. The van der Waals surface area contributed by atoms with Crippen LogP contribution in [0.1, 0.15) is 12.0 Å². The zero-order valence-electron chi connectivity index (χ0n) is 10.6. The van der Waals surface area contributed by atoms with Crippen LogP contribution in [-0.4, -0.2) is 23.7 Å². The van der Waals surface area contributed by atoms with Crippen LogP contribution in [0.2, 0.25) is 0 Å². The summed E-state index contributed by atoms with van der Waals surface area (Å²) in [5.41, 5.74) is 0.997. The van der Waals surface area contributed by atoms with E-state index in [-0.39, 0.29) is 0 Å². The van der Waals surface area contributed by atoms with E-state index in [2.05, 4.69) is 23.7 Å². The van der Waals surface area contributed by atoms with Crippen LogP contribution in [0, 0.1) is 0 Å². The smallest absolute Gasteiger partial charge is 0.120 e. The first-order chi connectivity index (χ1) is 8.83. The highest BCUT2D eigenvalue weighted by atomic mass is 32.2. The molecule has 18 heavy (non-hydrogen) atoms. The number of hydrogen-bond acceptors (Lipinski definition) is 3. The number of rotatable bonds is 6. The molecule has 0 saturated carbocycles. The predicted molar refractivity (Wildman–Crippen MR) is 80.3 cm³/mol. The summed E-state index contributed by atoms with van der Waals surface area (Å²) in [5, 5.41) is 15.7. The van der Waals surface area contributed by atoms with Crippen LogP contribution in [0.3, 0.4) is 0 Å². The molecule has 0 aliphatic rings. The number of phenols is 1. The molecular formula is C15H19NOS. The molecule has 96 valence electrons. The second kappa shape index (κ2) is 6.66. The average Bonchev–Trinajstić information content (AvgIpc) is 2.41. The number of thioether (sulfide) groups is 1. The van der Waals surface area contributed by atoms with Crippen molar-refractivity contribution in [1.82, 2.24) is 5.32 Å². The van der Waals surface area contributed by atoms with Gasteiger partial charge >= 0.3 is 0 Å². The summed E-state index contributed by atoms with van der Waals surface area (Å²) in [7, 11) is 0. The summed E-state index contributed by atoms with van der Waals surface area (Å²) < 4.78 is 0. The Morgan fingerprint density at radius 2 is 2.00 bits per heavy atom. The highest BCUT2D eigenvalue weighted by molar-refractivity contribution is 7.98. The molecule has 2 N–H and O–H groups in total. The molecule has 0 unspecified atom stereocenters. The molecule has 2 nitrogen and oxygen atoms in total. The van der Waals surface area contributed by atoms with Crippen LogP contribution in [-0.2, 0) is 6.54 Å². The summed E-state index contributed by atoms with van der Waals surface area (Å²) in [6.07, 6.45) is 3.28. The van der Waals surface area contributed by atoms with Crippen molar-refractivity contribution in [2.45, 2.75) is 13.0 Å². The third-order valence-electron chi connectivity index (χ3n) is 3.02. The molecule has 2 aromatic rings. The van der Waals surface area contributed by atoms with Gasteiger partial charge in [-0.25, -0.2) is 0 Å². The Bertz CT molecular complexity index is 513. The van der Waals surface area contributed by atoms with E-state index in [9.17, 15) is 5.11 Å². The van der Waals surface area contributed by atoms with Crippen molar-refractivity contribution in [2.24, 2.45) is 0 Å². The van der Waals surface area contributed by atoms with Crippen molar-refractivity contribution in [3.8, 4) is 5.75 Å². The number of fused-ring (bicyclic) bond motifs is 1. The fraction of sp³-hybridized carbons (Fsp3) is 0.333. The van der Waals surface area contributed by atoms with Crippen molar-refractivity contribution < 1.29 is 5.11 Å². The summed E-state index contributed by atoms with van der Waals surface area (Å²) in [5.74, 6) is 1.56. The zero-order valence-corrected chi connectivity index (χ0v) is 11.5. The van der Waals surface area contributed by atoms with E-state index in [0.717, 1.165) is 30.5 Å². The number of aromatic hydroxyl groups is 1. The normalized spacial score (nSPS) is 10.9. The maximum Gasteiger partial charge on any atom is 0.120 e. The molecule has 2 aromatic carbocycles. The molecule has 0 radical (unpaired) electrons. The van der Waals surface area contributed by atoms with Crippen molar-refractivity contribution in [3.05, 3.63) is 42.0 Å². The zero-order chi connectivity index (χ0) is 12.8. The molecule has 0 fully saturated rings. The lowest BCUT2D eigenvalue weighted by molar-refractivity contribution is 0.466. The van der Waals surface area contributed by atoms with Gasteiger partial charge in [0.2, 0.25) is 0 Å². The van der Waals surface area contributed by atoms with Gasteiger partial charge in [0, 0.05) is 12.1 Å². The molecule has 0 amide bonds. The minimum atomic E-state index is 0.381. The molecule has 0 aliphatic heterocycles. The lowest BCUT2D eigenvalue weighted by Gasteiger charge is -2.10.